The molecule has 0 bridgehead atoms. The summed E-state index contributed by atoms with van der Waals surface area (Å²) >= 11 is 1.68. The molecule has 0 aromatic carbocycles. The van der Waals surface area contributed by atoms with Crippen molar-refractivity contribution in [2.45, 2.75) is 13.5 Å². The van der Waals surface area contributed by atoms with Gasteiger partial charge in [-0.05, 0) is 18.4 Å². The molecule has 0 aliphatic heterocycles. The third-order valence-corrected chi connectivity index (χ3v) is 2.63. The molecule has 0 radical (unpaired) electrons. The molecule has 0 spiro atoms. The molecule has 0 saturated carbocycles. The van der Waals surface area contributed by atoms with E-state index in [4.69, 9.17) is 5.11 Å². The van der Waals surface area contributed by atoms with Gasteiger partial charge in [-0.2, -0.15) is 0 Å². The molecule has 0 aliphatic carbocycles. The standard InChI is InChI=1S/C10H13NO2S/c1-2-11(6-5-10(12)13)8-9-4-3-7-14-9/h3-7H,2,8H2,1H3,(H,12,13). The van der Waals surface area contributed by atoms with Crippen LogP contribution in [-0.2, 0) is 11.3 Å². The molecule has 0 aliphatic rings. The van der Waals surface area contributed by atoms with Gasteiger partial charge >= 0.3 is 5.97 Å². The Morgan fingerprint density at radius 2 is 2.50 bits per heavy atom. The molecule has 76 valence electrons. The van der Waals surface area contributed by atoms with Crippen molar-refractivity contribution in [2.24, 2.45) is 0 Å². The van der Waals surface area contributed by atoms with Crippen LogP contribution in [0.5, 0.6) is 0 Å². The first kappa shape index (κ1) is 10.8. The first-order valence-electron chi connectivity index (χ1n) is 4.40. The van der Waals surface area contributed by atoms with Gasteiger partial charge in [-0.15, -0.1) is 11.3 Å². The maximum atomic E-state index is 10.3. The Kier molecular flexibility index (Phi) is 4.19. The monoisotopic (exact) mass is 211 g/mol. The predicted molar refractivity (Wildman–Crippen MR) is 57.2 cm³/mol. The van der Waals surface area contributed by atoms with Gasteiger partial charge in [0.2, 0.25) is 0 Å². The van der Waals surface area contributed by atoms with Crippen LogP contribution in [0.2, 0.25) is 0 Å². The zero-order chi connectivity index (χ0) is 10.4. The number of hydrogen-bond acceptors (Lipinski definition) is 3. The fourth-order valence-corrected chi connectivity index (χ4v) is 1.77. The van der Waals surface area contributed by atoms with E-state index in [0.717, 1.165) is 19.2 Å². The number of rotatable bonds is 5. The van der Waals surface area contributed by atoms with Crippen molar-refractivity contribution in [3.63, 3.8) is 0 Å². The second kappa shape index (κ2) is 5.44. The van der Waals surface area contributed by atoms with E-state index in [1.807, 2.05) is 29.3 Å². The van der Waals surface area contributed by atoms with Gasteiger partial charge in [-0.25, -0.2) is 4.79 Å². The lowest BCUT2D eigenvalue weighted by molar-refractivity contribution is -0.131. The molecular weight excluding hydrogens is 198 g/mol. The van der Waals surface area contributed by atoms with Gasteiger partial charge in [0.25, 0.3) is 0 Å². The van der Waals surface area contributed by atoms with Crippen molar-refractivity contribution in [1.82, 2.24) is 4.90 Å². The number of nitrogens with zero attached hydrogens (tertiary/aromatic N) is 1. The Morgan fingerprint density at radius 3 is 3.00 bits per heavy atom. The smallest absolute Gasteiger partial charge is 0.329 e. The second-order valence-corrected chi connectivity index (χ2v) is 3.83. The van der Waals surface area contributed by atoms with Crippen LogP contribution in [0.4, 0.5) is 0 Å². The summed E-state index contributed by atoms with van der Waals surface area (Å²) in [6.07, 6.45) is 2.78. The summed E-state index contributed by atoms with van der Waals surface area (Å²) in [7, 11) is 0. The Morgan fingerprint density at radius 1 is 1.71 bits per heavy atom. The summed E-state index contributed by atoms with van der Waals surface area (Å²) < 4.78 is 0. The second-order valence-electron chi connectivity index (χ2n) is 2.80. The molecule has 0 amide bonds. The van der Waals surface area contributed by atoms with E-state index in [0.29, 0.717) is 0 Å². The molecular formula is C10H13NO2S. The Labute approximate surface area is 87.3 Å². The molecule has 1 rings (SSSR count). The minimum absolute atomic E-state index is 0.776. The van der Waals surface area contributed by atoms with Crippen LogP contribution in [0.3, 0.4) is 0 Å². The number of carbonyl (C=O) groups is 1. The van der Waals surface area contributed by atoms with Crippen molar-refractivity contribution in [1.29, 1.82) is 0 Å². The van der Waals surface area contributed by atoms with Crippen LogP contribution in [-0.4, -0.2) is 22.5 Å². The fourth-order valence-electron chi connectivity index (χ4n) is 1.04. The Hall–Kier alpha value is -1.29. The number of carboxylic acids is 1. The summed E-state index contributed by atoms with van der Waals surface area (Å²) in [5.74, 6) is -0.908. The van der Waals surface area contributed by atoms with E-state index in [9.17, 15) is 4.79 Å². The molecule has 1 N–H and O–H groups in total. The summed E-state index contributed by atoms with van der Waals surface area (Å²) in [5, 5.41) is 10.5. The SMILES string of the molecule is CCN(C=CC(=O)O)Cc1cccs1. The van der Waals surface area contributed by atoms with Crippen LogP contribution < -0.4 is 0 Å². The Balaban J connectivity index is 2.51. The van der Waals surface area contributed by atoms with E-state index >= 15 is 0 Å². The van der Waals surface area contributed by atoms with Crippen LogP contribution in [0.15, 0.2) is 29.8 Å². The van der Waals surface area contributed by atoms with E-state index < -0.39 is 5.97 Å². The van der Waals surface area contributed by atoms with Crippen LogP contribution >= 0.6 is 11.3 Å². The van der Waals surface area contributed by atoms with E-state index in [1.54, 1.807) is 17.5 Å². The molecule has 4 heteroatoms. The van der Waals surface area contributed by atoms with Crippen LogP contribution in [0.25, 0.3) is 0 Å². The lowest BCUT2D eigenvalue weighted by Crippen LogP contribution is -2.15. The topological polar surface area (TPSA) is 40.5 Å². The van der Waals surface area contributed by atoms with Gasteiger partial charge < -0.3 is 10.0 Å². The zero-order valence-electron chi connectivity index (χ0n) is 8.01. The largest absolute Gasteiger partial charge is 0.478 e. The normalized spacial score (nSPS) is 10.6. The highest BCUT2D eigenvalue weighted by atomic mass is 32.1. The lowest BCUT2D eigenvalue weighted by Gasteiger charge is -2.16. The first-order valence-corrected chi connectivity index (χ1v) is 5.28. The molecule has 1 heterocycles. The molecule has 0 unspecified atom stereocenters. The third-order valence-electron chi connectivity index (χ3n) is 1.77. The highest BCUT2D eigenvalue weighted by molar-refractivity contribution is 7.09. The van der Waals surface area contributed by atoms with Gasteiger partial charge in [0.15, 0.2) is 0 Å². The van der Waals surface area contributed by atoms with Crippen molar-refractivity contribution < 1.29 is 9.90 Å². The first-order chi connectivity index (χ1) is 6.72. The average molecular weight is 211 g/mol. The van der Waals surface area contributed by atoms with Crippen molar-refractivity contribution >= 4 is 17.3 Å². The van der Waals surface area contributed by atoms with E-state index in [1.165, 1.54) is 4.88 Å². The minimum Gasteiger partial charge on any atom is -0.478 e. The highest BCUT2D eigenvalue weighted by Crippen LogP contribution is 2.11. The zero-order valence-corrected chi connectivity index (χ0v) is 8.83. The molecule has 1 aromatic rings. The highest BCUT2D eigenvalue weighted by Gasteiger charge is 1.99. The van der Waals surface area contributed by atoms with Crippen molar-refractivity contribution in [3.8, 4) is 0 Å². The van der Waals surface area contributed by atoms with Gasteiger partial charge in [0.05, 0.1) is 6.54 Å². The molecule has 0 saturated heterocycles. The van der Waals surface area contributed by atoms with Gasteiger partial charge in [0, 0.05) is 23.7 Å². The summed E-state index contributed by atoms with van der Waals surface area (Å²) in [5.41, 5.74) is 0. The number of hydrogen-bond donors (Lipinski definition) is 1. The maximum Gasteiger partial charge on any atom is 0.329 e. The number of thiophene rings is 1. The molecule has 0 fully saturated rings. The van der Waals surface area contributed by atoms with Crippen molar-refractivity contribution in [3.05, 3.63) is 34.7 Å². The number of carboxylic acid groups (broad SMARTS) is 1. The van der Waals surface area contributed by atoms with E-state index in [-0.39, 0.29) is 0 Å². The average Bonchev–Trinajstić information content (AvgIpc) is 2.64. The van der Waals surface area contributed by atoms with Gasteiger partial charge in [-0.1, -0.05) is 6.07 Å². The quantitative estimate of drug-likeness (QED) is 0.759. The summed E-state index contributed by atoms with van der Waals surface area (Å²) in [6, 6.07) is 4.04. The minimum atomic E-state index is -0.908. The van der Waals surface area contributed by atoms with Crippen molar-refractivity contribution in [2.75, 3.05) is 6.54 Å². The maximum absolute atomic E-state index is 10.3. The summed E-state index contributed by atoms with van der Waals surface area (Å²) in [4.78, 5) is 13.5. The van der Waals surface area contributed by atoms with Crippen LogP contribution in [0, 0.1) is 0 Å². The molecule has 1 aromatic heterocycles. The van der Waals surface area contributed by atoms with Gasteiger partial charge in [-0.3, -0.25) is 0 Å². The molecule has 0 atom stereocenters. The fraction of sp³-hybridized carbons (Fsp3) is 0.300. The van der Waals surface area contributed by atoms with Crippen LogP contribution in [0.1, 0.15) is 11.8 Å². The lowest BCUT2D eigenvalue weighted by atomic mass is 10.4. The predicted octanol–water partition coefficient (Wildman–Crippen LogP) is 2.17. The Bertz CT molecular complexity index is 306. The number of aliphatic carboxylic acids is 1. The summed E-state index contributed by atoms with van der Waals surface area (Å²) in [6.45, 7) is 3.58. The molecule has 3 nitrogen and oxygen atoms in total. The molecule has 14 heavy (non-hydrogen) atoms. The van der Waals surface area contributed by atoms with Gasteiger partial charge in [0.1, 0.15) is 0 Å². The third kappa shape index (κ3) is 3.62. The van der Waals surface area contributed by atoms with E-state index in [2.05, 4.69) is 0 Å².